The Morgan fingerprint density at radius 1 is 1.18 bits per heavy atom. The number of anilines is 3. The fourth-order valence-electron chi connectivity index (χ4n) is 3.96. The average Bonchev–Trinajstić information content (AvgIpc) is 3.25. The maximum atomic E-state index is 14.8. The number of fused-ring (bicyclic) bond motifs is 1. The molecule has 1 aliphatic heterocycles. The number of hydrogen-bond donors (Lipinski definition) is 2. The predicted molar refractivity (Wildman–Crippen MR) is 125 cm³/mol. The van der Waals surface area contributed by atoms with Crippen molar-refractivity contribution >= 4 is 28.7 Å². The van der Waals surface area contributed by atoms with E-state index in [-0.39, 0.29) is 24.1 Å². The number of piperazine rings is 1. The second kappa shape index (κ2) is 8.59. The number of benzene rings is 1. The maximum Gasteiger partial charge on any atom is 0.240 e. The van der Waals surface area contributed by atoms with Gasteiger partial charge in [-0.2, -0.15) is 5.10 Å². The van der Waals surface area contributed by atoms with Crippen LogP contribution < -0.4 is 15.5 Å². The molecule has 4 heterocycles. The molecule has 0 aliphatic carbocycles. The lowest BCUT2D eigenvalue weighted by atomic mass is 10.0. The second-order valence-electron chi connectivity index (χ2n) is 8.28. The van der Waals surface area contributed by atoms with Crippen LogP contribution in [0.15, 0.2) is 55.0 Å². The van der Waals surface area contributed by atoms with Gasteiger partial charge >= 0.3 is 0 Å². The Labute approximate surface area is 190 Å². The van der Waals surface area contributed by atoms with Crippen molar-refractivity contribution in [2.75, 3.05) is 29.9 Å². The first-order valence-electron chi connectivity index (χ1n) is 10.9. The molecule has 1 aromatic carbocycles. The molecule has 33 heavy (non-hydrogen) atoms. The van der Waals surface area contributed by atoms with Gasteiger partial charge < -0.3 is 15.5 Å². The summed E-state index contributed by atoms with van der Waals surface area (Å²) in [6.07, 6.45) is 5.43. The quantitative estimate of drug-likeness (QED) is 0.487. The Balaban J connectivity index is 1.40. The van der Waals surface area contributed by atoms with E-state index in [1.54, 1.807) is 23.2 Å². The molecule has 1 amide bonds. The van der Waals surface area contributed by atoms with Gasteiger partial charge in [0.25, 0.3) is 0 Å². The fourth-order valence-corrected chi connectivity index (χ4v) is 3.96. The molecule has 0 atom stereocenters. The summed E-state index contributed by atoms with van der Waals surface area (Å²) in [5.41, 5.74) is 4.60. The van der Waals surface area contributed by atoms with E-state index in [9.17, 15) is 9.18 Å². The topological polar surface area (TPSA) is 87.5 Å². The highest BCUT2D eigenvalue weighted by Gasteiger charge is 2.20. The maximum absolute atomic E-state index is 14.8. The summed E-state index contributed by atoms with van der Waals surface area (Å²) in [6, 6.07) is 10.5. The highest BCUT2D eigenvalue weighted by molar-refractivity contribution is 5.95. The lowest BCUT2D eigenvalue weighted by molar-refractivity contribution is -0.118. The Bertz CT molecular complexity index is 1330. The number of nitrogens with zero attached hydrogens (tertiary/aromatic N) is 5. The van der Waals surface area contributed by atoms with Gasteiger partial charge in [0.05, 0.1) is 29.6 Å². The minimum absolute atomic E-state index is 0.0758. The van der Waals surface area contributed by atoms with Crippen molar-refractivity contribution in [3.05, 3.63) is 66.4 Å². The molecule has 0 unspecified atom stereocenters. The number of aromatic nitrogens is 4. The SMILES string of the molecule is CC(C)c1cnn2ccc(-c3ccnc(Nc4ccc(N5CCNCC5=O)cc4F)n3)cc12. The highest BCUT2D eigenvalue weighted by atomic mass is 19.1. The first kappa shape index (κ1) is 21.0. The van der Waals surface area contributed by atoms with E-state index < -0.39 is 5.82 Å². The van der Waals surface area contributed by atoms with Crippen LogP contribution in [0.5, 0.6) is 0 Å². The molecule has 5 rings (SSSR count). The molecule has 0 spiro atoms. The standard InChI is InChI=1S/C24H24FN7O/c1-15(2)18-13-28-32-9-6-16(11-22(18)32)20-5-7-27-24(29-20)30-21-4-3-17(12-19(21)25)31-10-8-26-14-23(31)33/h3-7,9,11-13,15,26H,8,10,14H2,1-2H3,(H,27,29,30). The van der Waals surface area contributed by atoms with E-state index in [2.05, 4.69) is 39.5 Å². The van der Waals surface area contributed by atoms with Crippen molar-refractivity contribution in [2.24, 2.45) is 0 Å². The van der Waals surface area contributed by atoms with Gasteiger partial charge in [0.1, 0.15) is 5.82 Å². The van der Waals surface area contributed by atoms with Crippen molar-refractivity contribution in [3.8, 4) is 11.3 Å². The summed E-state index contributed by atoms with van der Waals surface area (Å²) in [5.74, 6) is 0.0842. The van der Waals surface area contributed by atoms with Crippen molar-refractivity contribution in [2.45, 2.75) is 19.8 Å². The Kier molecular flexibility index (Phi) is 5.47. The van der Waals surface area contributed by atoms with Crippen molar-refractivity contribution < 1.29 is 9.18 Å². The van der Waals surface area contributed by atoms with Crippen LogP contribution in [0, 0.1) is 5.82 Å². The van der Waals surface area contributed by atoms with Crippen LogP contribution in [0.2, 0.25) is 0 Å². The first-order valence-corrected chi connectivity index (χ1v) is 10.9. The van der Waals surface area contributed by atoms with Gasteiger partial charge in [-0.25, -0.2) is 18.9 Å². The first-order chi connectivity index (χ1) is 16.0. The zero-order valence-corrected chi connectivity index (χ0v) is 18.4. The van der Waals surface area contributed by atoms with E-state index >= 15 is 0 Å². The van der Waals surface area contributed by atoms with Crippen LogP contribution in [0.4, 0.5) is 21.7 Å². The van der Waals surface area contributed by atoms with Gasteiger partial charge in [-0.3, -0.25) is 4.79 Å². The molecule has 1 aliphatic rings. The zero-order valence-electron chi connectivity index (χ0n) is 18.4. The monoisotopic (exact) mass is 445 g/mol. The van der Waals surface area contributed by atoms with Crippen LogP contribution in [0.25, 0.3) is 16.8 Å². The lowest BCUT2D eigenvalue weighted by Crippen LogP contribution is -2.48. The number of pyridine rings is 1. The predicted octanol–water partition coefficient (Wildman–Crippen LogP) is 3.73. The van der Waals surface area contributed by atoms with E-state index in [1.807, 2.05) is 35.1 Å². The third-order valence-electron chi connectivity index (χ3n) is 5.72. The summed E-state index contributed by atoms with van der Waals surface area (Å²) in [4.78, 5) is 22.5. The third kappa shape index (κ3) is 4.14. The summed E-state index contributed by atoms with van der Waals surface area (Å²) < 4.78 is 16.7. The molecular formula is C24H24FN7O. The number of halogens is 1. The van der Waals surface area contributed by atoms with Crippen LogP contribution in [0.1, 0.15) is 25.3 Å². The number of amides is 1. The van der Waals surface area contributed by atoms with Gasteiger partial charge in [0.2, 0.25) is 11.9 Å². The van der Waals surface area contributed by atoms with E-state index in [1.165, 1.54) is 6.07 Å². The van der Waals surface area contributed by atoms with Crippen molar-refractivity contribution in [1.29, 1.82) is 0 Å². The van der Waals surface area contributed by atoms with Gasteiger partial charge in [-0.15, -0.1) is 0 Å². The molecule has 4 aromatic rings. The van der Waals surface area contributed by atoms with E-state index in [0.717, 1.165) is 16.6 Å². The van der Waals surface area contributed by atoms with Crippen LogP contribution >= 0.6 is 0 Å². The van der Waals surface area contributed by atoms with Gasteiger partial charge in [-0.1, -0.05) is 13.8 Å². The fraction of sp³-hybridized carbons (Fsp3) is 0.250. The third-order valence-corrected chi connectivity index (χ3v) is 5.72. The molecule has 0 saturated carbocycles. The normalized spacial score (nSPS) is 14.3. The highest BCUT2D eigenvalue weighted by Crippen LogP contribution is 2.27. The summed E-state index contributed by atoms with van der Waals surface area (Å²) in [5, 5.41) is 10.4. The van der Waals surface area contributed by atoms with Crippen molar-refractivity contribution in [1.82, 2.24) is 24.9 Å². The number of rotatable bonds is 5. The number of hydrogen-bond acceptors (Lipinski definition) is 6. The Morgan fingerprint density at radius 3 is 2.85 bits per heavy atom. The molecule has 168 valence electrons. The molecule has 2 N–H and O–H groups in total. The molecule has 0 radical (unpaired) electrons. The minimum Gasteiger partial charge on any atom is -0.322 e. The molecule has 3 aromatic heterocycles. The zero-order chi connectivity index (χ0) is 22.9. The molecule has 8 nitrogen and oxygen atoms in total. The lowest BCUT2D eigenvalue weighted by Gasteiger charge is -2.27. The number of carbonyl (C=O) groups excluding carboxylic acids is 1. The smallest absolute Gasteiger partial charge is 0.240 e. The number of carbonyl (C=O) groups is 1. The Morgan fingerprint density at radius 2 is 2.06 bits per heavy atom. The van der Waals surface area contributed by atoms with Gasteiger partial charge in [-0.05, 0) is 42.3 Å². The van der Waals surface area contributed by atoms with Crippen LogP contribution in [0.3, 0.4) is 0 Å². The molecule has 1 fully saturated rings. The largest absolute Gasteiger partial charge is 0.322 e. The summed E-state index contributed by atoms with van der Waals surface area (Å²) in [7, 11) is 0. The van der Waals surface area contributed by atoms with Crippen LogP contribution in [-0.4, -0.2) is 45.1 Å². The van der Waals surface area contributed by atoms with E-state index in [4.69, 9.17) is 0 Å². The summed E-state index contributed by atoms with van der Waals surface area (Å²) in [6.45, 7) is 5.71. The molecule has 9 heteroatoms. The van der Waals surface area contributed by atoms with Crippen LogP contribution in [-0.2, 0) is 4.79 Å². The molecule has 1 saturated heterocycles. The Hall–Kier alpha value is -3.85. The van der Waals surface area contributed by atoms with Gasteiger partial charge in [0, 0.05) is 42.3 Å². The minimum atomic E-state index is -0.477. The van der Waals surface area contributed by atoms with E-state index in [0.29, 0.717) is 30.4 Å². The summed E-state index contributed by atoms with van der Waals surface area (Å²) >= 11 is 0. The number of nitrogens with one attached hydrogen (secondary N) is 2. The average molecular weight is 446 g/mol. The molecular weight excluding hydrogens is 421 g/mol. The molecule has 0 bridgehead atoms. The second-order valence-corrected chi connectivity index (χ2v) is 8.28. The van der Waals surface area contributed by atoms with Crippen molar-refractivity contribution in [3.63, 3.8) is 0 Å². The van der Waals surface area contributed by atoms with Gasteiger partial charge in [0.15, 0.2) is 0 Å².